The topological polar surface area (TPSA) is 124 Å². The van der Waals surface area contributed by atoms with Crippen LogP contribution in [0.3, 0.4) is 0 Å². The van der Waals surface area contributed by atoms with Gasteiger partial charge in [0.05, 0.1) is 24.3 Å². The lowest BCUT2D eigenvalue weighted by Gasteiger charge is -2.56. The molecule has 3 aliphatic carbocycles. The second-order valence-corrected chi connectivity index (χ2v) is 12.1. The van der Waals surface area contributed by atoms with Crippen LogP contribution in [-0.4, -0.2) is 35.8 Å². The lowest BCUT2D eigenvalue weighted by atomic mass is 9.52. The third-order valence-corrected chi connectivity index (χ3v) is 9.60. The lowest BCUT2D eigenvalue weighted by molar-refractivity contribution is -0.216. The molecule has 2 N–H and O–H groups in total. The van der Waals surface area contributed by atoms with Crippen LogP contribution in [0.4, 0.5) is 16.5 Å². The summed E-state index contributed by atoms with van der Waals surface area (Å²) in [6, 6.07) is 22.1. The predicted octanol–water partition coefficient (Wildman–Crippen LogP) is 7.08. The Kier molecular flexibility index (Phi) is 6.49. The maximum atomic E-state index is 13.9. The largest absolute Gasteiger partial charge is 0.706 e. The quantitative estimate of drug-likeness (QED) is 0.237. The fourth-order valence-corrected chi connectivity index (χ4v) is 7.41. The molecule has 9 nitrogen and oxygen atoms in total. The molecule has 1 aliphatic heterocycles. The highest BCUT2D eigenvalue weighted by Crippen LogP contribution is 2.64. The van der Waals surface area contributed by atoms with Crippen molar-refractivity contribution in [1.29, 1.82) is 0 Å². The molecule has 2 fully saturated rings. The molecule has 3 atom stereocenters. The Morgan fingerprint density at radius 1 is 0.952 bits per heavy atom. The van der Waals surface area contributed by atoms with Gasteiger partial charge in [0, 0.05) is 46.1 Å². The van der Waals surface area contributed by atoms with Gasteiger partial charge < -0.3 is 30.8 Å². The van der Waals surface area contributed by atoms with Crippen molar-refractivity contribution < 1.29 is 19.1 Å². The van der Waals surface area contributed by atoms with Crippen LogP contribution in [0.2, 0.25) is 0 Å². The summed E-state index contributed by atoms with van der Waals surface area (Å²) >= 11 is 1.36. The van der Waals surface area contributed by atoms with Crippen LogP contribution >= 0.6 is 11.3 Å². The number of nitrogens with zero attached hydrogens (tertiary/aromatic N) is 3. The van der Waals surface area contributed by atoms with Gasteiger partial charge in [-0.05, 0) is 53.9 Å². The molecule has 4 aliphatic rings. The molecule has 2 bridgehead atoms. The summed E-state index contributed by atoms with van der Waals surface area (Å²) in [5.41, 5.74) is 13.5. The number of hydrogen-bond acceptors (Lipinski definition) is 7. The maximum Gasteiger partial charge on any atom is 0.255 e. The number of aromatic nitrogens is 1. The van der Waals surface area contributed by atoms with E-state index in [4.69, 9.17) is 20.0 Å². The molecule has 1 saturated carbocycles. The zero-order valence-electron chi connectivity index (χ0n) is 22.9. The van der Waals surface area contributed by atoms with Crippen LogP contribution in [0.15, 0.2) is 83.3 Å². The summed E-state index contributed by atoms with van der Waals surface area (Å²) in [6.07, 6.45) is 1.28. The number of rotatable bonds is 6. The van der Waals surface area contributed by atoms with Gasteiger partial charge in [0.15, 0.2) is 10.9 Å². The molecule has 4 aromatic rings. The Bertz CT molecular complexity index is 1700. The van der Waals surface area contributed by atoms with E-state index in [1.54, 1.807) is 42.5 Å². The fraction of sp³-hybridized carbons (Fsp3) is 0.281. The summed E-state index contributed by atoms with van der Waals surface area (Å²) in [5, 5.41) is 11.5. The van der Waals surface area contributed by atoms with Crippen LogP contribution in [-0.2, 0) is 14.3 Å². The first-order chi connectivity index (χ1) is 20.4. The van der Waals surface area contributed by atoms with Crippen LogP contribution in [0.1, 0.15) is 53.1 Å². The second-order valence-electron chi connectivity index (χ2n) is 11.2. The van der Waals surface area contributed by atoms with E-state index in [2.05, 4.69) is 27.9 Å². The molecule has 0 radical (unpaired) electrons. The first-order valence-corrected chi connectivity index (χ1v) is 14.8. The van der Waals surface area contributed by atoms with E-state index in [9.17, 15) is 9.59 Å². The van der Waals surface area contributed by atoms with E-state index in [1.165, 1.54) is 22.5 Å². The summed E-state index contributed by atoms with van der Waals surface area (Å²) in [6.45, 7) is 3.20. The molecule has 1 aromatic heterocycles. The highest BCUT2D eigenvalue weighted by atomic mass is 32.1. The molecular weight excluding hydrogens is 550 g/mol. The first-order valence-electron chi connectivity index (χ1n) is 13.9. The number of nitrogens with one attached hydrogen (secondary N) is 2. The SMILES string of the molecule is CC1(C(=O)Nc2nc(-c3cccc(C(=O)Nc4ccc(N=[N-])cc4)c3)cs2)CC2c3ccccc3C1CC21OCCO1. The number of carbonyl (C=O) groups excluding carboxylic acids is 2. The Balaban J connectivity index is 1.08. The minimum atomic E-state index is -0.650. The van der Waals surface area contributed by atoms with Gasteiger partial charge in [-0.3, -0.25) is 9.59 Å². The molecule has 8 rings (SSSR count). The third kappa shape index (κ3) is 4.43. The summed E-state index contributed by atoms with van der Waals surface area (Å²) in [5.74, 6) is -1.04. The van der Waals surface area contributed by atoms with Gasteiger partial charge in [-0.1, -0.05) is 43.3 Å². The average Bonchev–Trinajstić information content (AvgIpc) is 3.69. The third-order valence-electron chi connectivity index (χ3n) is 8.84. The molecule has 3 unspecified atom stereocenters. The summed E-state index contributed by atoms with van der Waals surface area (Å²) in [4.78, 5) is 31.5. The number of carbonyl (C=O) groups is 2. The van der Waals surface area contributed by atoms with Gasteiger partial charge in [0.2, 0.25) is 5.91 Å². The van der Waals surface area contributed by atoms with Crippen LogP contribution in [0, 0.1) is 5.41 Å². The molecule has 42 heavy (non-hydrogen) atoms. The number of fused-ring (bicyclic) bond motifs is 1. The number of hydrogen-bond donors (Lipinski definition) is 2. The van der Waals surface area contributed by atoms with Crippen LogP contribution in [0.5, 0.6) is 0 Å². The second kappa shape index (κ2) is 10.2. The minimum absolute atomic E-state index is 0.0136. The zero-order chi connectivity index (χ0) is 28.9. The van der Waals surface area contributed by atoms with Gasteiger partial charge in [-0.15, -0.1) is 11.3 Å². The van der Waals surface area contributed by atoms with Gasteiger partial charge in [-0.2, -0.15) is 0 Å². The van der Waals surface area contributed by atoms with Gasteiger partial charge in [0.1, 0.15) is 0 Å². The molecule has 1 saturated heterocycles. The van der Waals surface area contributed by atoms with Crippen molar-refractivity contribution in [2.45, 2.75) is 37.4 Å². The molecule has 2 heterocycles. The maximum absolute atomic E-state index is 13.9. The predicted molar refractivity (Wildman–Crippen MR) is 160 cm³/mol. The van der Waals surface area contributed by atoms with Crippen molar-refractivity contribution in [3.8, 4) is 11.3 Å². The van der Waals surface area contributed by atoms with E-state index >= 15 is 0 Å². The number of thiazole rings is 1. The first kappa shape index (κ1) is 26.6. The normalized spacial score (nSPS) is 23.4. The van der Waals surface area contributed by atoms with Gasteiger partial charge in [0.25, 0.3) is 5.91 Å². The minimum Gasteiger partial charge on any atom is -0.706 e. The molecule has 10 heteroatoms. The Morgan fingerprint density at radius 3 is 2.43 bits per heavy atom. The zero-order valence-corrected chi connectivity index (χ0v) is 23.7. The van der Waals surface area contributed by atoms with Crippen LogP contribution < -0.4 is 10.6 Å². The van der Waals surface area contributed by atoms with Crippen molar-refractivity contribution in [3.63, 3.8) is 0 Å². The standard InChI is InChI=1S/C32H28N5O4S/c1-31(16-26-24-8-3-2-7-23(24)25(31)17-32(26)40-13-14-41-32)29(39)36-30-35-27(18-42-30)19-5-4-6-20(15-19)28(38)34-21-9-11-22(37-33)12-10-21/h2-12,15,18,25-26H,13-14,16-17H2,1H3,(H,34,38)(H,35,36,39)/q-1. The number of ether oxygens (including phenoxy) is 2. The Morgan fingerprint density at radius 2 is 1.69 bits per heavy atom. The van der Waals surface area contributed by atoms with Crippen molar-refractivity contribution in [1.82, 2.24) is 4.98 Å². The summed E-state index contributed by atoms with van der Waals surface area (Å²) in [7, 11) is 0. The average molecular weight is 579 g/mol. The number of amides is 2. The Hall–Kier alpha value is -4.25. The monoisotopic (exact) mass is 578 g/mol. The fourth-order valence-electron chi connectivity index (χ4n) is 6.70. The van der Waals surface area contributed by atoms with E-state index < -0.39 is 11.2 Å². The van der Waals surface area contributed by atoms with Gasteiger partial charge in [-0.25, -0.2) is 4.98 Å². The van der Waals surface area contributed by atoms with Crippen molar-refractivity contribution in [3.05, 3.63) is 100 Å². The van der Waals surface area contributed by atoms with Crippen molar-refractivity contribution in [2.24, 2.45) is 10.5 Å². The highest BCUT2D eigenvalue weighted by Gasteiger charge is 2.63. The van der Waals surface area contributed by atoms with E-state index in [-0.39, 0.29) is 23.7 Å². The highest BCUT2D eigenvalue weighted by molar-refractivity contribution is 7.14. The smallest absolute Gasteiger partial charge is 0.255 e. The molecule has 3 aromatic carbocycles. The molecule has 1 spiro atoms. The number of anilines is 2. The van der Waals surface area contributed by atoms with E-state index in [1.807, 2.05) is 30.5 Å². The van der Waals surface area contributed by atoms with Crippen molar-refractivity contribution in [2.75, 3.05) is 23.8 Å². The van der Waals surface area contributed by atoms with Gasteiger partial charge >= 0.3 is 0 Å². The molecule has 212 valence electrons. The number of benzene rings is 3. The lowest BCUT2D eigenvalue weighted by Crippen LogP contribution is -2.56. The Labute approximate surface area is 246 Å². The molecular formula is C32H28N5O4S-. The van der Waals surface area contributed by atoms with Crippen molar-refractivity contribution >= 4 is 39.7 Å². The summed E-state index contributed by atoms with van der Waals surface area (Å²) < 4.78 is 12.4. The van der Waals surface area contributed by atoms with Crippen LogP contribution in [0.25, 0.3) is 16.8 Å². The molecule has 2 amide bonds. The van der Waals surface area contributed by atoms with E-state index in [0.717, 1.165) is 5.56 Å². The van der Waals surface area contributed by atoms with E-state index in [0.29, 0.717) is 53.8 Å².